The SMILES string of the molecule is Cc1ccc(C(CCC(C)C)NN)cc1. The molecular weight excluding hydrogens is 184 g/mol. The van der Waals surface area contributed by atoms with E-state index >= 15 is 0 Å². The van der Waals surface area contributed by atoms with Crippen molar-refractivity contribution >= 4 is 0 Å². The number of aryl methyl sites for hydroxylation is 1. The lowest BCUT2D eigenvalue weighted by Crippen LogP contribution is -2.28. The van der Waals surface area contributed by atoms with Crippen LogP contribution < -0.4 is 11.3 Å². The standard InChI is InChI=1S/C13H22N2/c1-10(2)4-9-13(15-14)12-7-5-11(3)6-8-12/h5-8,10,13,15H,4,9,14H2,1-3H3. The van der Waals surface area contributed by atoms with Crippen molar-refractivity contribution < 1.29 is 0 Å². The summed E-state index contributed by atoms with van der Waals surface area (Å²) in [6.07, 6.45) is 2.29. The zero-order valence-corrected chi connectivity index (χ0v) is 9.96. The fourth-order valence-electron chi connectivity index (χ4n) is 1.64. The van der Waals surface area contributed by atoms with E-state index < -0.39 is 0 Å². The maximum atomic E-state index is 5.58. The number of rotatable bonds is 5. The third-order valence-electron chi connectivity index (χ3n) is 2.71. The molecule has 2 nitrogen and oxygen atoms in total. The molecule has 0 spiro atoms. The highest BCUT2D eigenvalue weighted by Crippen LogP contribution is 2.20. The Morgan fingerprint density at radius 1 is 1.13 bits per heavy atom. The average Bonchev–Trinajstić information content (AvgIpc) is 2.21. The summed E-state index contributed by atoms with van der Waals surface area (Å²) in [4.78, 5) is 0. The van der Waals surface area contributed by atoms with Crippen LogP contribution in [0.25, 0.3) is 0 Å². The van der Waals surface area contributed by atoms with E-state index in [1.807, 2.05) is 0 Å². The van der Waals surface area contributed by atoms with Gasteiger partial charge in [-0.2, -0.15) is 0 Å². The first-order chi connectivity index (χ1) is 7.13. The van der Waals surface area contributed by atoms with Crippen molar-refractivity contribution in [2.45, 2.75) is 39.7 Å². The second-order valence-corrected chi connectivity index (χ2v) is 4.60. The lowest BCUT2D eigenvalue weighted by Gasteiger charge is -2.17. The number of hydrazine groups is 1. The van der Waals surface area contributed by atoms with Gasteiger partial charge in [-0.05, 0) is 31.2 Å². The summed E-state index contributed by atoms with van der Waals surface area (Å²) in [6.45, 7) is 6.58. The van der Waals surface area contributed by atoms with E-state index in [0.29, 0.717) is 0 Å². The van der Waals surface area contributed by atoms with Gasteiger partial charge in [-0.3, -0.25) is 11.3 Å². The molecule has 0 radical (unpaired) electrons. The molecule has 0 bridgehead atoms. The first-order valence-electron chi connectivity index (χ1n) is 5.66. The molecule has 2 heteroatoms. The van der Waals surface area contributed by atoms with Gasteiger partial charge in [0.05, 0.1) is 0 Å². The minimum Gasteiger partial charge on any atom is -0.271 e. The van der Waals surface area contributed by atoms with Gasteiger partial charge in [-0.1, -0.05) is 43.7 Å². The van der Waals surface area contributed by atoms with Gasteiger partial charge in [0.1, 0.15) is 0 Å². The number of benzene rings is 1. The van der Waals surface area contributed by atoms with E-state index in [1.54, 1.807) is 0 Å². The van der Waals surface area contributed by atoms with Crippen molar-refractivity contribution in [1.29, 1.82) is 0 Å². The third-order valence-corrected chi connectivity index (χ3v) is 2.71. The van der Waals surface area contributed by atoms with Gasteiger partial charge in [0.2, 0.25) is 0 Å². The van der Waals surface area contributed by atoms with E-state index in [4.69, 9.17) is 5.84 Å². The zero-order valence-electron chi connectivity index (χ0n) is 9.96. The Morgan fingerprint density at radius 3 is 2.20 bits per heavy atom. The highest BCUT2D eigenvalue weighted by Gasteiger charge is 2.09. The largest absolute Gasteiger partial charge is 0.271 e. The van der Waals surface area contributed by atoms with Crippen molar-refractivity contribution in [2.75, 3.05) is 0 Å². The molecule has 0 saturated heterocycles. The molecule has 0 fully saturated rings. The summed E-state index contributed by atoms with van der Waals surface area (Å²) in [5, 5.41) is 0. The van der Waals surface area contributed by atoms with Gasteiger partial charge in [0.15, 0.2) is 0 Å². The maximum Gasteiger partial charge on any atom is 0.0460 e. The second-order valence-electron chi connectivity index (χ2n) is 4.60. The summed E-state index contributed by atoms with van der Waals surface area (Å²) < 4.78 is 0. The van der Waals surface area contributed by atoms with Crippen LogP contribution in [-0.2, 0) is 0 Å². The number of hydrogen-bond acceptors (Lipinski definition) is 2. The van der Waals surface area contributed by atoms with E-state index in [0.717, 1.165) is 12.3 Å². The predicted molar refractivity (Wildman–Crippen MR) is 65.3 cm³/mol. The summed E-state index contributed by atoms with van der Waals surface area (Å²) >= 11 is 0. The van der Waals surface area contributed by atoms with E-state index in [-0.39, 0.29) is 6.04 Å². The lowest BCUT2D eigenvalue weighted by atomic mass is 9.97. The van der Waals surface area contributed by atoms with Crippen LogP contribution >= 0.6 is 0 Å². The van der Waals surface area contributed by atoms with Crippen LogP contribution in [0.1, 0.15) is 43.9 Å². The summed E-state index contributed by atoms with van der Waals surface area (Å²) in [5.41, 5.74) is 5.46. The molecule has 0 heterocycles. The summed E-state index contributed by atoms with van der Waals surface area (Å²) in [7, 11) is 0. The molecule has 1 rings (SSSR count). The molecule has 15 heavy (non-hydrogen) atoms. The molecule has 0 aliphatic heterocycles. The van der Waals surface area contributed by atoms with Crippen molar-refractivity contribution in [3.05, 3.63) is 35.4 Å². The fraction of sp³-hybridized carbons (Fsp3) is 0.538. The molecular formula is C13H22N2. The van der Waals surface area contributed by atoms with Crippen molar-refractivity contribution in [3.8, 4) is 0 Å². The van der Waals surface area contributed by atoms with Gasteiger partial charge in [-0.15, -0.1) is 0 Å². The minimum atomic E-state index is 0.285. The number of hydrogen-bond donors (Lipinski definition) is 2. The first kappa shape index (κ1) is 12.2. The van der Waals surface area contributed by atoms with Gasteiger partial charge < -0.3 is 0 Å². The highest BCUT2D eigenvalue weighted by atomic mass is 15.2. The Balaban J connectivity index is 2.61. The molecule has 0 saturated carbocycles. The Bertz CT molecular complexity index is 277. The first-order valence-corrected chi connectivity index (χ1v) is 5.66. The normalized spacial score (nSPS) is 13.1. The van der Waals surface area contributed by atoms with Crippen LogP contribution in [0.4, 0.5) is 0 Å². The average molecular weight is 206 g/mol. The van der Waals surface area contributed by atoms with Crippen LogP contribution in [0.2, 0.25) is 0 Å². The molecule has 3 N–H and O–H groups in total. The number of nitrogens with two attached hydrogens (primary N) is 1. The van der Waals surface area contributed by atoms with E-state index in [9.17, 15) is 0 Å². The smallest absolute Gasteiger partial charge is 0.0460 e. The fourth-order valence-corrected chi connectivity index (χ4v) is 1.64. The summed E-state index contributed by atoms with van der Waals surface area (Å²) in [5.74, 6) is 6.31. The van der Waals surface area contributed by atoms with Crippen molar-refractivity contribution in [2.24, 2.45) is 11.8 Å². The summed E-state index contributed by atoms with van der Waals surface area (Å²) in [6, 6.07) is 8.86. The highest BCUT2D eigenvalue weighted by molar-refractivity contribution is 5.23. The van der Waals surface area contributed by atoms with Crippen molar-refractivity contribution in [1.82, 2.24) is 5.43 Å². The molecule has 0 aliphatic rings. The predicted octanol–water partition coefficient (Wildman–Crippen LogP) is 2.94. The maximum absolute atomic E-state index is 5.58. The van der Waals surface area contributed by atoms with Crippen LogP contribution in [-0.4, -0.2) is 0 Å². The van der Waals surface area contributed by atoms with Crippen LogP contribution in [0.3, 0.4) is 0 Å². The zero-order chi connectivity index (χ0) is 11.3. The molecule has 1 aromatic carbocycles. The van der Waals surface area contributed by atoms with Gasteiger partial charge in [0.25, 0.3) is 0 Å². The van der Waals surface area contributed by atoms with Gasteiger partial charge in [-0.25, -0.2) is 0 Å². The lowest BCUT2D eigenvalue weighted by molar-refractivity contribution is 0.448. The third kappa shape index (κ3) is 4.02. The Hall–Kier alpha value is -0.860. The van der Waals surface area contributed by atoms with Crippen molar-refractivity contribution in [3.63, 3.8) is 0 Å². The molecule has 1 atom stereocenters. The Labute approximate surface area is 92.8 Å². The van der Waals surface area contributed by atoms with Crippen LogP contribution in [0.15, 0.2) is 24.3 Å². The quantitative estimate of drug-likeness (QED) is 0.574. The van der Waals surface area contributed by atoms with Gasteiger partial charge in [0, 0.05) is 6.04 Å². The van der Waals surface area contributed by atoms with Crippen LogP contribution in [0, 0.1) is 12.8 Å². The topological polar surface area (TPSA) is 38.0 Å². The molecule has 1 unspecified atom stereocenters. The molecule has 0 amide bonds. The molecule has 1 aromatic rings. The van der Waals surface area contributed by atoms with Crippen LogP contribution in [0.5, 0.6) is 0 Å². The molecule has 0 aromatic heterocycles. The number of nitrogens with one attached hydrogen (secondary N) is 1. The monoisotopic (exact) mass is 206 g/mol. The second kappa shape index (κ2) is 5.89. The Morgan fingerprint density at radius 2 is 1.73 bits per heavy atom. The molecule has 0 aliphatic carbocycles. The van der Waals surface area contributed by atoms with E-state index in [1.165, 1.54) is 17.5 Å². The molecule has 84 valence electrons. The Kier molecular flexibility index (Phi) is 4.79. The van der Waals surface area contributed by atoms with Gasteiger partial charge >= 0.3 is 0 Å². The minimum absolute atomic E-state index is 0.285. The van der Waals surface area contributed by atoms with E-state index in [2.05, 4.69) is 50.5 Å².